The molecule has 1 saturated heterocycles. The highest BCUT2D eigenvalue weighted by atomic mass is 19.1. The monoisotopic (exact) mass is 516 g/mol. The molecule has 2 rings (SSSR count). The smallest absolute Gasteiger partial charge is 0.251 e. The summed E-state index contributed by atoms with van der Waals surface area (Å²) in [6, 6.07) is 4.57. The lowest BCUT2D eigenvalue weighted by atomic mass is 9.95. The zero-order chi connectivity index (χ0) is 27.9. The molecule has 8 heteroatoms. The summed E-state index contributed by atoms with van der Waals surface area (Å²) in [5.74, 6) is -1.05. The van der Waals surface area contributed by atoms with Gasteiger partial charge in [-0.25, -0.2) is 4.39 Å². The Morgan fingerprint density at radius 1 is 1.03 bits per heavy atom. The van der Waals surface area contributed by atoms with E-state index < -0.39 is 6.04 Å². The molecule has 0 spiro atoms. The second kappa shape index (κ2) is 13.7. The number of carbonyl (C=O) groups excluding carboxylic acids is 3. The van der Waals surface area contributed by atoms with Crippen LogP contribution in [0.1, 0.15) is 67.7 Å². The van der Waals surface area contributed by atoms with E-state index in [-0.39, 0.29) is 53.5 Å². The first-order chi connectivity index (χ1) is 17.3. The van der Waals surface area contributed by atoms with E-state index in [1.807, 2.05) is 27.7 Å². The van der Waals surface area contributed by atoms with Gasteiger partial charge in [-0.3, -0.25) is 19.3 Å². The number of nitrogens with zero attached hydrogens (tertiary/aromatic N) is 2. The van der Waals surface area contributed by atoms with Gasteiger partial charge < -0.3 is 15.5 Å². The van der Waals surface area contributed by atoms with Crippen molar-refractivity contribution in [3.05, 3.63) is 41.7 Å². The second-order valence-corrected chi connectivity index (χ2v) is 11.1. The molecule has 2 N–H and O–H groups in total. The molecule has 1 aromatic carbocycles. The Labute approximate surface area is 221 Å². The summed E-state index contributed by atoms with van der Waals surface area (Å²) in [5.41, 5.74) is 0.938. The van der Waals surface area contributed by atoms with E-state index in [1.54, 1.807) is 24.9 Å². The third-order valence-corrected chi connectivity index (χ3v) is 7.10. The van der Waals surface area contributed by atoms with E-state index in [2.05, 4.69) is 29.4 Å². The summed E-state index contributed by atoms with van der Waals surface area (Å²) in [6.07, 6.45) is 4.65. The van der Waals surface area contributed by atoms with Crippen molar-refractivity contribution in [2.24, 2.45) is 11.8 Å². The highest BCUT2D eigenvalue weighted by molar-refractivity contribution is 6.03. The molecule has 0 aromatic heterocycles. The molecular weight excluding hydrogens is 471 g/mol. The molecule has 206 valence electrons. The van der Waals surface area contributed by atoms with Crippen LogP contribution in [0.4, 0.5) is 10.1 Å². The molecule has 37 heavy (non-hydrogen) atoms. The number of benzene rings is 1. The normalized spacial score (nSPS) is 18.6. The molecule has 1 unspecified atom stereocenters. The van der Waals surface area contributed by atoms with E-state index >= 15 is 0 Å². The first-order valence-corrected chi connectivity index (χ1v) is 13.4. The zero-order valence-electron chi connectivity index (χ0n) is 23.7. The highest BCUT2D eigenvalue weighted by Gasteiger charge is 2.36. The Balaban J connectivity index is 2.17. The van der Waals surface area contributed by atoms with Gasteiger partial charge in [-0.2, -0.15) is 0 Å². The molecule has 3 atom stereocenters. The minimum atomic E-state index is -0.670. The van der Waals surface area contributed by atoms with Crippen LogP contribution in [0.2, 0.25) is 0 Å². The maximum absolute atomic E-state index is 13.7. The van der Waals surface area contributed by atoms with Crippen LogP contribution < -0.4 is 10.6 Å². The summed E-state index contributed by atoms with van der Waals surface area (Å²) in [6.45, 7) is 14.6. The summed E-state index contributed by atoms with van der Waals surface area (Å²) in [5, 5.41) is 5.82. The quantitative estimate of drug-likeness (QED) is 0.446. The molecule has 3 amide bonds. The summed E-state index contributed by atoms with van der Waals surface area (Å²) < 4.78 is 13.2. The molecule has 7 nitrogen and oxygen atoms in total. The predicted molar refractivity (Wildman–Crippen MR) is 146 cm³/mol. The van der Waals surface area contributed by atoms with Gasteiger partial charge in [0.2, 0.25) is 11.8 Å². The fourth-order valence-corrected chi connectivity index (χ4v) is 4.83. The Morgan fingerprint density at radius 3 is 2.19 bits per heavy atom. The summed E-state index contributed by atoms with van der Waals surface area (Å²) >= 11 is 0. The number of halogens is 1. The van der Waals surface area contributed by atoms with Gasteiger partial charge in [0.15, 0.2) is 0 Å². The van der Waals surface area contributed by atoms with Crippen molar-refractivity contribution in [1.82, 2.24) is 15.1 Å². The minimum Gasteiger partial charge on any atom is -0.343 e. The van der Waals surface area contributed by atoms with Crippen LogP contribution >= 0.6 is 0 Å². The number of likely N-dealkylation sites (N-methyl/N-ethyl adjacent to an activating group) is 1. The molecule has 1 aromatic rings. The topological polar surface area (TPSA) is 81.8 Å². The molecule has 0 aliphatic carbocycles. The number of rotatable bonds is 10. The molecule has 0 bridgehead atoms. The van der Waals surface area contributed by atoms with Gasteiger partial charge in [-0.05, 0) is 76.3 Å². The molecule has 1 aliphatic heterocycles. The standard InChI is InChI=1S/C29H45FN4O3/c1-18(2)25(17-21(7)27(35)31-23-14-12-22(30)13-15-23)33(8)29(37)26(19(3)4)32-28(36)24-11-9-10-16-34(24)20(5)6/h12-15,17-20,24-26H,9-11,16H2,1-8H3,(H,31,35)(H,32,36)/t24?,25-,26+/m1/s1. The number of anilines is 1. The minimum absolute atomic E-state index is 0.0285. The van der Waals surface area contributed by atoms with Gasteiger partial charge in [0, 0.05) is 24.4 Å². The van der Waals surface area contributed by atoms with E-state index in [4.69, 9.17) is 0 Å². The van der Waals surface area contributed by atoms with Gasteiger partial charge in [0.1, 0.15) is 11.9 Å². The predicted octanol–water partition coefficient (Wildman–Crippen LogP) is 4.60. The molecule has 0 radical (unpaired) electrons. The van der Waals surface area contributed by atoms with Crippen LogP contribution in [0.3, 0.4) is 0 Å². The van der Waals surface area contributed by atoms with E-state index in [0.29, 0.717) is 11.3 Å². The van der Waals surface area contributed by atoms with Gasteiger partial charge in [0.25, 0.3) is 5.91 Å². The van der Waals surface area contributed by atoms with Crippen molar-refractivity contribution in [2.45, 2.75) is 91.9 Å². The fraction of sp³-hybridized carbons (Fsp3) is 0.621. The van der Waals surface area contributed by atoms with Gasteiger partial charge in [0.05, 0.1) is 12.1 Å². The van der Waals surface area contributed by atoms with Gasteiger partial charge >= 0.3 is 0 Å². The van der Waals surface area contributed by atoms with Crippen LogP contribution in [0.5, 0.6) is 0 Å². The maximum Gasteiger partial charge on any atom is 0.251 e. The van der Waals surface area contributed by atoms with E-state index in [9.17, 15) is 18.8 Å². The highest BCUT2D eigenvalue weighted by Crippen LogP contribution is 2.22. The van der Waals surface area contributed by atoms with Crippen molar-refractivity contribution in [2.75, 3.05) is 18.9 Å². The Kier molecular flexibility index (Phi) is 11.3. The first kappa shape index (κ1) is 30.5. The lowest BCUT2D eigenvalue weighted by Crippen LogP contribution is -2.58. The number of hydrogen-bond acceptors (Lipinski definition) is 4. The van der Waals surface area contributed by atoms with Crippen LogP contribution in [-0.2, 0) is 14.4 Å². The number of piperidine rings is 1. The molecule has 1 fully saturated rings. The van der Waals surface area contributed by atoms with Crippen molar-refractivity contribution in [3.8, 4) is 0 Å². The number of nitrogens with one attached hydrogen (secondary N) is 2. The summed E-state index contributed by atoms with van der Waals surface area (Å²) in [4.78, 5) is 43.6. The number of hydrogen-bond donors (Lipinski definition) is 2. The molecule has 0 saturated carbocycles. The zero-order valence-corrected chi connectivity index (χ0v) is 23.7. The third kappa shape index (κ3) is 8.38. The molecule has 1 heterocycles. The Bertz CT molecular complexity index is 958. The summed E-state index contributed by atoms with van der Waals surface area (Å²) in [7, 11) is 1.72. The largest absolute Gasteiger partial charge is 0.343 e. The number of carbonyl (C=O) groups is 3. The van der Waals surface area contributed by atoms with Gasteiger partial charge in [-0.15, -0.1) is 0 Å². The van der Waals surface area contributed by atoms with Crippen LogP contribution in [-0.4, -0.2) is 65.3 Å². The van der Waals surface area contributed by atoms with Gasteiger partial charge in [-0.1, -0.05) is 40.2 Å². The third-order valence-electron chi connectivity index (χ3n) is 7.10. The molecule has 1 aliphatic rings. The van der Waals surface area contributed by atoms with Crippen molar-refractivity contribution >= 4 is 23.4 Å². The SMILES string of the molecule is CC(=C[C@H](C(C)C)N(C)C(=O)[C@@H](NC(=O)C1CCCCN1C(C)C)C(C)C)C(=O)Nc1ccc(F)cc1. The van der Waals surface area contributed by atoms with Crippen LogP contribution in [0.15, 0.2) is 35.9 Å². The lowest BCUT2D eigenvalue weighted by molar-refractivity contribution is -0.140. The van der Waals surface area contributed by atoms with E-state index in [0.717, 1.165) is 25.8 Å². The van der Waals surface area contributed by atoms with Crippen LogP contribution in [0.25, 0.3) is 0 Å². The second-order valence-electron chi connectivity index (χ2n) is 11.1. The molecular formula is C29H45FN4O3. The average Bonchev–Trinajstić information content (AvgIpc) is 2.85. The van der Waals surface area contributed by atoms with Crippen molar-refractivity contribution < 1.29 is 18.8 Å². The fourth-order valence-electron chi connectivity index (χ4n) is 4.83. The average molecular weight is 517 g/mol. The van der Waals surface area contributed by atoms with Crippen LogP contribution in [0, 0.1) is 17.7 Å². The Hall–Kier alpha value is -2.74. The van der Waals surface area contributed by atoms with E-state index in [1.165, 1.54) is 24.3 Å². The van der Waals surface area contributed by atoms with Crippen molar-refractivity contribution in [1.29, 1.82) is 0 Å². The lowest BCUT2D eigenvalue weighted by Gasteiger charge is -2.39. The number of likely N-dealkylation sites (tertiary alicyclic amines) is 1. The number of amides is 3. The first-order valence-electron chi connectivity index (χ1n) is 13.4. The Morgan fingerprint density at radius 2 is 1.65 bits per heavy atom. The van der Waals surface area contributed by atoms with Crippen molar-refractivity contribution in [3.63, 3.8) is 0 Å². The maximum atomic E-state index is 13.7.